The van der Waals surface area contributed by atoms with Gasteiger partial charge in [0.1, 0.15) is 13.2 Å². The summed E-state index contributed by atoms with van der Waals surface area (Å²) in [7, 11) is 0. The summed E-state index contributed by atoms with van der Waals surface area (Å²) in [4.78, 5) is 9.25. The van der Waals surface area contributed by atoms with E-state index in [1.165, 1.54) is 0 Å². The van der Waals surface area contributed by atoms with Gasteiger partial charge in [-0.25, -0.2) is 4.99 Å². The Bertz CT molecular complexity index is 553. The molecule has 4 nitrogen and oxygen atoms in total. The van der Waals surface area contributed by atoms with E-state index in [4.69, 9.17) is 9.47 Å². The predicted molar refractivity (Wildman–Crippen MR) is 78.4 cm³/mol. The van der Waals surface area contributed by atoms with Crippen molar-refractivity contribution in [2.75, 3.05) is 13.2 Å². The summed E-state index contributed by atoms with van der Waals surface area (Å²) in [6.45, 7) is 9.41. The molecule has 0 spiro atoms. The predicted octanol–water partition coefficient (Wildman–Crippen LogP) is 2.60. The third-order valence-corrected chi connectivity index (χ3v) is 3.26. The molecule has 109 valence electrons. The minimum Gasteiger partial charge on any atom is -0.485 e. The van der Waals surface area contributed by atoms with Crippen molar-refractivity contribution in [1.29, 1.82) is 0 Å². The number of hydrogen-bond acceptors (Lipinski definition) is 4. The maximum Gasteiger partial charge on any atom is 0.192 e. The average molecular weight is 360 g/mol. The van der Waals surface area contributed by atoms with Gasteiger partial charge >= 0.3 is 0 Å². The largest absolute Gasteiger partial charge is 0.485 e. The summed E-state index contributed by atoms with van der Waals surface area (Å²) in [5, 5.41) is 0. The van der Waals surface area contributed by atoms with E-state index in [0.29, 0.717) is 25.0 Å². The molecule has 0 saturated carbocycles. The van der Waals surface area contributed by atoms with Gasteiger partial charge in [0.25, 0.3) is 0 Å². The molecule has 1 aromatic carbocycles. The van der Waals surface area contributed by atoms with E-state index in [0.717, 1.165) is 11.1 Å². The molecule has 0 bridgehead atoms. The molecule has 5 heteroatoms. The van der Waals surface area contributed by atoms with Crippen LogP contribution in [0.3, 0.4) is 0 Å². The summed E-state index contributed by atoms with van der Waals surface area (Å²) in [5.74, 6) is 1.31. The van der Waals surface area contributed by atoms with Crippen LogP contribution < -0.4 is 0 Å². The number of hydrogen-bond donors (Lipinski definition) is 0. The van der Waals surface area contributed by atoms with Crippen molar-refractivity contribution < 1.29 is 42.2 Å². The molecule has 0 atom stereocenters. The number of benzene rings is 1. The smallest absolute Gasteiger partial charge is 0.192 e. The fraction of sp³-hybridized carbons (Fsp3) is 0.500. The Hall–Kier alpha value is -0.736. The number of nitrogens with zero attached hydrogens (tertiary/aromatic N) is 2. The van der Waals surface area contributed by atoms with Crippen LogP contribution in [0.2, 0.25) is 0 Å². The minimum atomic E-state index is -0.180. The van der Waals surface area contributed by atoms with Crippen molar-refractivity contribution in [3.63, 3.8) is 0 Å². The van der Waals surface area contributed by atoms with E-state index in [1.54, 1.807) is 0 Å². The fourth-order valence-electron chi connectivity index (χ4n) is 2.24. The molecule has 3 rings (SSSR count). The van der Waals surface area contributed by atoms with Crippen molar-refractivity contribution >= 4 is 11.8 Å². The molecule has 1 radical (unpaired) electrons. The molecule has 2 heterocycles. The molecule has 0 fully saturated rings. The molecule has 21 heavy (non-hydrogen) atoms. The summed E-state index contributed by atoms with van der Waals surface area (Å²) in [6, 6.07) is 8.77. The van der Waals surface area contributed by atoms with E-state index in [9.17, 15) is 0 Å². The van der Waals surface area contributed by atoms with Gasteiger partial charge in [0, 0.05) is 32.7 Å². The van der Waals surface area contributed by atoms with Crippen molar-refractivity contribution in [3.8, 4) is 0 Å². The first-order valence-electron chi connectivity index (χ1n) is 6.83. The summed E-state index contributed by atoms with van der Waals surface area (Å²) >= 11 is 0. The fourth-order valence-corrected chi connectivity index (χ4v) is 2.24. The van der Waals surface area contributed by atoms with Crippen LogP contribution in [0, 0.1) is 6.07 Å². The third-order valence-electron chi connectivity index (χ3n) is 3.26. The Morgan fingerprint density at radius 2 is 1.48 bits per heavy atom. The zero-order valence-corrected chi connectivity index (χ0v) is 15.8. The monoisotopic (exact) mass is 360 g/mol. The minimum absolute atomic E-state index is 0. The first kappa shape index (κ1) is 16.6. The van der Waals surface area contributed by atoms with Gasteiger partial charge in [-0.3, -0.25) is 4.99 Å². The molecule has 0 N–H and O–H groups in total. The summed E-state index contributed by atoms with van der Waals surface area (Å²) < 4.78 is 11.5. The van der Waals surface area contributed by atoms with Crippen molar-refractivity contribution in [1.82, 2.24) is 0 Å². The average Bonchev–Trinajstić information content (AvgIpc) is 2.92. The zero-order chi connectivity index (χ0) is 14.4. The summed E-state index contributed by atoms with van der Waals surface area (Å²) in [5.41, 5.74) is 1.46. The van der Waals surface area contributed by atoms with E-state index >= 15 is 0 Å². The Balaban J connectivity index is 0.00000161. The maximum absolute atomic E-state index is 5.73. The van der Waals surface area contributed by atoms with Crippen LogP contribution in [0.1, 0.15) is 38.8 Å². The summed E-state index contributed by atoms with van der Waals surface area (Å²) in [6.07, 6.45) is 0. The SMILES string of the molecule is CC1(C)COC(c2c[c-]ccc2C2=NC(C)(C)CO2)=N1.[Y]. The quantitative estimate of drug-likeness (QED) is 0.761. The van der Waals surface area contributed by atoms with Crippen LogP contribution in [0.4, 0.5) is 0 Å². The number of rotatable bonds is 2. The van der Waals surface area contributed by atoms with E-state index in [-0.39, 0.29) is 43.8 Å². The van der Waals surface area contributed by atoms with Gasteiger partial charge < -0.3 is 9.47 Å². The molecule has 0 aliphatic carbocycles. The van der Waals surface area contributed by atoms with Crippen LogP contribution in [0.15, 0.2) is 28.2 Å². The zero-order valence-electron chi connectivity index (χ0n) is 12.9. The van der Waals surface area contributed by atoms with Gasteiger partial charge in [-0.05, 0) is 27.7 Å². The van der Waals surface area contributed by atoms with Gasteiger partial charge in [-0.1, -0.05) is 11.1 Å². The molecule has 2 aliphatic rings. The second-order valence-electron chi connectivity index (χ2n) is 6.51. The van der Waals surface area contributed by atoms with Crippen LogP contribution in [0.5, 0.6) is 0 Å². The van der Waals surface area contributed by atoms with E-state index in [1.807, 2.05) is 18.2 Å². The van der Waals surface area contributed by atoms with Crippen LogP contribution in [-0.2, 0) is 42.2 Å². The molecular formula is C16H19N2O2Y-. The van der Waals surface area contributed by atoms with Crippen molar-refractivity contribution in [2.45, 2.75) is 38.8 Å². The second kappa shape index (κ2) is 5.81. The maximum atomic E-state index is 5.73. The molecular weight excluding hydrogens is 341 g/mol. The van der Waals surface area contributed by atoms with E-state index < -0.39 is 0 Å². The molecule has 2 aliphatic heterocycles. The topological polar surface area (TPSA) is 43.2 Å². The van der Waals surface area contributed by atoms with E-state index in [2.05, 4.69) is 43.7 Å². The van der Waals surface area contributed by atoms with Crippen LogP contribution in [0.25, 0.3) is 0 Å². The standard InChI is InChI=1S/C16H19N2O2.Y/c1-15(2)9-19-13(17-15)11-7-5-6-8-12(11)14-18-16(3,4)10-20-14;/h5,7-8H,9-10H2,1-4H3;/q-1;. The van der Waals surface area contributed by atoms with Gasteiger partial charge in [-0.2, -0.15) is 24.3 Å². The molecule has 1 aromatic rings. The van der Waals surface area contributed by atoms with Crippen molar-refractivity contribution in [2.24, 2.45) is 9.98 Å². The van der Waals surface area contributed by atoms with Gasteiger partial charge in [-0.15, -0.1) is 0 Å². The number of ether oxygens (including phenoxy) is 2. The first-order chi connectivity index (χ1) is 9.36. The Labute approximate surface area is 150 Å². The Morgan fingerprint density at radius 3 is 1.95 bits per heavy atom. The van der Waals surface area contributed by atoms with Gasteiger partial charge in [0.15, 0.2) is 11.8 Å². The molecule has 0 unspecified atom stereocenters. The van der Waals surface area contributed by atoms with Gasteiger partial charge in [0.2, 0.25) is 0 Å². The van der Waals surface area contributed by atoms with Crippen LogP contribution >= 0.6 is 0 Å². The number of aliphatic imine (C=N–C) groups is 2. The molecule has 0 amide bonds. The Kier molecular flexibility index (Phi) is 4.60. The third kappa shape index (κ3) is 3.54. The second-order valence-corrected chi connectivity index (χ2v) is 6.51. The molecule has 0 saturated heterocycles. The van der Waals surface area contributed by atoms with Gasteiger partial charge in [0.05, 0.1) is 11.1 Å². The normalized spacial score (nSPS) is 21.7. The Morgan fingerprint density at radius 1 is 0.952 bits per heavy atom. The molecule has 0 aromatic heterocycles. The van der Waals surface area contributed by atoms with Crippen molar-refractivity contribution in [3.05, 3.63) is 35.4 Å². The van der Waals surface area contributed by atoms with Crippen LogP contribution in [-0.4, -0.2) is 36.1 Å². The first-order valence-corrected chi connectivity index (χ1v) is 6.83.